The van der Waals surface area contributed by atoms with Gasteiger partial charge in [-0.1, -0.05) is 56.3 Å². The van der Waals surface area contributed by atoms with Crippen molar-refractivity contribution < 1.29 is 38.2 Å². The second kappa shape index (κ2) is 18.4. The summed E-state index contributed by atoms with van der Waals surface area (Å²) in [4.78, 5) is 80.9. The van der Waals surface area contributed by atoms with Gasteiger partial charge in [-0.2, -0.15) is 0 Å². The lowest BCUT2D eigenvalue weighted by atomic mass is 10.0. The lowest BCUT2D eigenvalue weighted by Gasteiger charge is -2.34. The molecule has 4 unspecified atom stereocenters. The highest BCUT2D eigenvalue weighted by Crippen LogP contribution is 2.24. The fraction of sp³-hybridized carbons (Fsp3) is 0.486. The Balaban J connectivity index is 1.71. The molecule has 0 spiro atoms. The molecule has 14 nitrogen and oxygen atoms in total. The van der Waals surface area contributed by atoms with E-state index >= 15 is 0 Å². The maximum absolute atomic E-state index is 14.0. The number of hydrogen-bond donors (Lipinski definition) is 4. The van der Waals surface area contributed by atoms with Crippen LogP contribution in [0.1, 0.15) is 51.2 Å². The molecule has 1 fully saturated rings. The standard InChI is InChI=1S/C35H48N6O8/c1-22(2)18-27(39-31(43)23(3)38-35(47)49-21-25-10-7-6-8-11-25)33(45)41-17-9-12-28(41)34(46)40(4)29(32(44)37-20-30(36)42)19-24-13-15-26(48-5)16-14-24/h6-8,10-11,13-16,22-23,27-29H,9,12,17-21H2,1-5H3,(H2,36,42)(H,37,44)(H,38,47)(H,39,43). The normalized spacial score (nSPS) is 15.8. The fourth-order valence-corrected chi connectivity index (χ4v) is 5.56. The van der Waals surface area contributed by atoms with Crippen LogP contribution in [0.2, 0.25) is 0 Å². The Labute approximate surface area is 287 Å². The quantitative estimate of drug-likeness (QED) is 0.205. The molecule has 5 N–H and O–H groups in total. The van der Waals surface area contributed by atoms with E-state index in [1.165, 1.54) is 30.9 Å². The van der Waals surface area contributed by atoms with Gasteiger partial charge in [0.2, 0.25) is 29.5 Å². The van der Waals surface area contributed by atoms with Crippen LogP contribution in [0.3, 0.4) is 0 Å². The van der Waals surface area contributed by atoms with Gasteiger partial charge in [-0.05, 0) is 55.4 Å². The van der Waals surface area contributed by atoms with Crippen LogP contribution in [0, 0.1) is 5.92 Å². The lowest BCUT2D eigenvalue weighted by molar-refractivity contribution is -0.148. The second-order valence-corrected chi connectivity index (χ2v) is 12.5. The average Bonchev–Trinajstić information content (AvgIpc) is 3.58. The zero-order valence-electron chi connectivity index (χ0n) is 28.8. The van der Waals surface area contributed by atoms with Crippen LogP contribution in [0.4, 0.5) is 4.79 Å². The highest BCUT2D eigenvalue weighted by molar-refractivity contribution is 5.96. The van der Waals surface area contributed by atoms with Gasteiger partial charge in [0, 0.05) is 20.0 Å². The summed E-state index contributed by atoms with van der Waals surface area (Å²) in [6, 6.07) is 12.2. The maximum atomic E-state index is 14.0. The molecule has 0 radical (unpaired) electrons. The monoisotopic (exact) mass is 680 g/mol. The minimum Gasteiger partial charge on any atom is -0.497 e. The molecule has 1 heterocycles. The van der Waals surface area contributed by atoms with Crippen LogP contribution >= 0.6 is 0 Å². The smallest absolute Gasteiger partial charge is 0.408 e. The van der Waals surface area contributed by atoms with Crippen molar-refractivity contribution in [3.63, 3.8) is 0 Å². The van der Waals surface area contributed by atoms with Crippen molar-refractivity contribution >= 4 is 35.6 Å². The van der Waals surface area contributed by atoms with Crippen LogP contribution < -0.4 is 26.4 Å². The van der Waals surface area contributed by atoms with E-state index in [4.69, 9.17) is 15.2 Å². The first-order valence-electron chi connectivity index (χ1n) is 16.3. The van der Waals surface area contributed by atoms with Crippen molar-refractivity contribution in [3.05, 3.63) is 65.7 Å². The maximum Gasteiger partial charge on any atom is 0.408 e. The minimum atomic E-state index is -1.02. The predicted molar refractivity (Wildman–Crippen MR) is 181 cm³/mol. The Morgan fingerprint density at radius 2 is 1.61 bits per heavy atom. The first-order chi connectivity index (χ1) is 23.3. The van der Waals surface area contributed by atoms with Crippen molar-refractivity contribution in [2.24, 2.45) is 11.7 Å². The number of alkyl carbamates (subject to hydrolysis) is 1. The molecule has 1 aliphatic heterocycles. The molecule has 0 saturated carbocycles. The van der Waals surface area contributed by atoms with Gasteiger partial charge in [-0.15, -0.1) is 0 Å². The zero-order chi connectivity index (χ0) is 36.1. The summed E-state index contributed by atoms with van der Waals surface area (Å²) in [6.07, 6.45) is 0.540. The Morgan fingerprint density at radius 3 is 2.22 bits per heavy atom. The number of benzene rings is 2. The van der Waals surface area contributed by atoms with E-state index in [0.29, 0.717) is 25.0 Å². The number of primary amides is 1. The van der Waals surface area contributed by atoms with Crippen molar-refractivity contribution in [1.82, 2.24) is 25.8 Å². The molecule has 1 aliphatic rings. The molecule has 0 aliphatic carbocycles. The molecule has 4 atom stereocenters. The van der Waals surface area contributed by atoms with Crippen molar-refractivity contribution in [2.45, 2.75) is 77.2 Å². The number of likely N-dealkylation sites (tertiary alicyclic amines) is 1. The van der Waals surface area contributed by atoms with Crippen LogP contribution in [0.25, 0.3) is 0 Å². The summed E-state index contributed by atoms with van der Waals surface area (Å²) in [6.45, 7) is 5.21. The summed E-state index contributed by atoms with van der Waals surface area (Å²) in [5.41, 5.74) is 6.77. The van der Waals surface area contributed by atoms with Gasteiger partial charge in [0.15, 0.2) is 0 Å². The molecule has 0 aromatic heterocycles. The summed E-state index contributed by atoms with van der Waals surface area (Å²) < 4.78 is 10.4. The SMILES string of the molecule is COc1ccc(CC(C(=O)NCC(N)=O)N(C)C(=O)C2CCCN2C(=O)C(CC(C)C)NC(=O)C(C)NC(=O)OCc2ccccc2)cc1. The van der Waals surface area contributed by atoms with Crippen LogP contribution in [-0.2, 0) is 41.7 Å². The third-order valence-electron chi connectivity index (χ3n) is 8.23. The Bertz CT molecular complexity index is 1450. The van der Waals surface area contributed by atoms with E-state index in [2.05, 4.69) is 16.0 Å². The second-order valence-electron chi connectivity index (χ2n) is 12.5. The molecule has 49 heavy (non-hydrogen) atoms. The number of likely N-dealkylation sites (N-methyl/N-ethyl adjacent to an activating group) is 1. The number of methoxy groups -OCH3 is 1. The molecule has 1 saturated heterocycles. The van der Waals surface area contributed by atoms with E-state index in [1.807, 2.05) is 32.0 Å². The van der Waals surface area contributed by atoms with E-state index in [1.54, 1.807) is 36.4 Å². The third kappa shape index (κ3) is 11.5. The number of nitrogens with zero attached hydrogens (tertiary/aromatic N) is 2. The number of nitrogens with one attached hydrogen (secondary N) is 3. The predicted octanol–water partition coefficient (Wildman–Crippen LogP) is 1.50. The topological polar surface area (TPSA) is 189 Å². The minimum absolute atomic E-state index is 0.00982. The number of carbonyl (C=O) groups excluding carboxylic acids is 6. The molecule has 0 bridgehead atoms. The van der Waals surface area contributed by atoms with Gasteiger partial charge >= 0.3 is 6.09 Å². The first kappa shape index (κ1) is 38.3. The molecule has 266 valence electrons. The zero-order valence-corrected chi connectivity index (χ0v) is 28.8. The van der Waals surface area contributed by atoms with Gasteiger partial charge in [0.1, 0.15) is 36.5 Å². The summed E-state index contributed by atoms with van der Waals surface area (Å²) in [5.74, 6) is -2.14. The highest BCUT2D eigenvalue weighted by atomic mass is 16.5. The van der Waals surface area contributed by atoms with Crippen molar-refractivity contribution in [1.29, 1.82) is 0 Å². The van der Waals surface area contributed by atoms with E-state index < -0.39 is 66.3 Å². The molecule has 14 heteroatoms. The largest absolute Gasteiger partial charge is 0.497 e. The fourth-order valence-electron chi connectivity index (χ4n) is 5.56. The Morgan fingerprint density at radius 1 is 0.939 bits per heavy atom. The number of hydrogen-bond acceptors (Lipinski definition) is 8. The van der Waals surface area contributed by atoms with E-state index in [-0.39, 0.29) is 25.5 Å². The molecule has 6 amide bonds. The Kier molecular flexibility index (Phi) is 14.4. The summed E-state index contributed by atoms with van der Waals surface area (Å²) in [5, 5.41) is 7.74. The number of amides is 6. The first-order valence-corrected chi connectivity index (χ1v) is 16.3. The van der Waals surface area contributed by atoms with Gasteiger partial charge in [-0.3, -0.25) is 24.0 Å². The van der Waals surface area contributed by atoms with Crippen molar-refractivity contribution in [3.8, 4) is 5.75 Å². The van der Waals surface area contributed by atoms with Gasteiger partial charge in [-0.25, -0.2) is 4.79 Å². The van der Waals surface area contributed by atoms with E-state index in [0.717, 1.165) is 11.1 Å². The molecule has 3 rings (SSSR count). The summed E-state index contributed by atoms with van der Waals surface area (Å²) >= 11 is 0. The third-order valence-corrected chi connectivity index (χ3v) is 8.23. The number of carbonyl (C=O) groups is 6. The van der Waals surface area contributed by atoms with Crippen LogP contribution in [0.15, 0.2) is 54.6 Å². The van der Waals surface area contributed by atoms with Crippen LogP contribution in [-0.4, -0.2) is 96.8 Å². The molecular formula is C35H48N6O8. The van der Waals surface area contributed by atoms with Gasteiger partial charge in [0.25, 0.3) is 0 Å². The van der Waals surface area contributed by atoms with Gasteiger partial charge in [0.05, 0.1) is 13.7 Å². The number of rotatable bonds is 16. The van der Waals surface area contributed by atoms with Crippen LogP contribution in [0.5, 0.6) is 5.75 Å². The Hall–Kier alpha value is -5.14. The lowest BCUT2D eigenvalue weighted by Crippen LogP contribution is -2.58. The summed E-state index contributed by atoms with van der Waals surface area (Å²) in [7, 11) is 3.02. The molecule has 2 aromatic carbocycles. The van der Waals surface area contributed by atoms with Gasteiger partial charge < -0.3 is 41.0 Å². The average molecular weight is 681 g/mol. The number of ether oxygens (including phenoxy) is 2. The number of nitrogens with two attached hydrogens (primary N) is 1. The molecular weight excluding hydrogens is 632 g/mol. The van der Waals surface area contributed by atoms with E-state index in [9.17, 15) is 28.8 Å². The van der Waals surface area contributed by atoms with Crippen molar-refractivity contribution in [2.75, 3.05) is 27.2 Å². The highest BCUT2D eigenvalue weighted by Gasteiger charge is 2.41. The molecule has 2 aromatic rings.